The van der Waals surface area contributed by atoms with Crippen LogP contribution in [-0.4, -0.2) is 75.1 Å². The average molecular weight is 490 g/mol. The molecule has 0 amide bonds. The molecule has 0 aromatic carbocycles. The Morgan fingerprint density at radius 1 is 1.12 bits per heavy atom. The number of hydrogen-bond donors (Lipinski definition) is 3. The number of fused-ring (bicyclic) bond motifs is 1. The van der Waals surface area contributed by atoms with Crippen LogP contribution in [-0.2, 0) is 16.4 Å². The molecule has 1 saturated carbocycles. The first-order chi connectivity index (χ1) is 15.9. The highest BCUT2D eigenvalue weighted by molar-refractivity contribution is 7.91. The van der Waals surface area contributed by atoms with Gasteiger partial charge in [-0.2, -0.15) is 4.98 Å². The van der Waals surface area contributed by atoms with Gasteiger partial charge in [-0.1, -0.05) is 11.3 Å². The maximum absolute atomic E-state index is 11.8. The molecule has 3 aromatic rings. The summed E-state index contributed by atoms with van der Waals surface area (Å²) in [6.45, 7) is 1.55. The second-order valence-corrected chi connectivity index (χ2v) is 11.9. The van der Waals surface area contributed by atoms with E-state index in [1.54, 1.807) is 6.20 Å². The highest BCUT2D eigenvalue weighted by Gasteiger charge is 2.23. The minimum atomic E-state index is -2.93. The fraction of sp³-hybridized carbons (Fsp3) is 0.524. The fourth-order valence-electron chi connectivity index (χ4n) is 4.18. The van der Waals surface area contributed by atoms with E-state index in [2.05, 4.69) is 30.5 Å². The van der Waals surface area contributed by atoms with E-state index in [1.165, 1.54) is 11.3 Å². The fourth-order valence-corrected chi connectivity index (χ4v) is 6.27. The van der Waals surface area contributed by atoms with Crippen LogP contribution in [0.3, 0.4) is 0 Å². The Balaban J connectivity index is 1.37. The molecule has 176 valence electrons. The molecule has 33 heavy (non-hydrogen) atoms. The monoisotopic (exact) mass is 489 g/mol. The molecule has 0 spiro atoms. The van der Waals surface area contributed by atoms with E-state index in [0.29, 0.717) is 36.5 Å². The van der Waals surface area contributed by atoms with Crippen molar-refractivity contribution in [1.29, 1.82) is 0 Å². The minimum Gasteiger partial charge on any atom is -0.393 e. The third kappa shape index (κ3) is 5.75. The van der Waals surface area contributed by atoms with Crippen molar-refractivity contribution < 1.29 is 13.5 Å². The van der Waals surface area contributed by atoms with Gasteiger partial charge in [0.05, 0.1) is 23.3 Å². The minimum absolute atomic E-state index is 0.178. The van der Waals surface area contributed by atoms with E-state index in [-0.39, 0.29) is 23.7 Å². The number of hydrogen-bond acceptors (Lipinski definition) is 11. The van der Waals surface area contributed by atoms with Crippen LogP contribution >= 0.6 is 11.3 Å². The molecule has 0 atom stereocenters. The molecule has 5 rings (SSSR count). The smallest absolute Gasteiger partial charge is 0.225 e. The van der Waals surface area contributed by atoms with Crippen LogP contribution in [0, 0.1) is 0 Å². The van der Waals surface area contributed by atoms with Crippen molar-refractivity contribution in [3.8, 4) is 0 Å². The van der Waals surface area contributed by atoms with Gasteiger partial charge >= 0.3 is 0 Å². The number of aromatic nitrogens is 4. The van der Waals surface area contributed by atoms with Crippen LogP contribution in [0.4, 0.5) is 16.9 Å². The van der Waals surface area contributed by atoms with Gasteiger partial charge in [0.25, 0.3) is 0 Å². The van der Waals surface area contributed by atoms with Crippen molar-refractivity contribution in [3.05, 3.63) is 30.1 Å². The normalized spacial score (nSPS) is 23.4. The lowest BCUT2D eigenvalue weighted by Gasteiger charge is -2.27. The quantitative estimate of drug-likeness (QED) is 0.473. The summed E-state index contributed by atoms with van der Waals surface area (Å²) in [6, 6.07) is 5.88. The van der Waals surface area contributed by atoms with Crippen molar-refractivity contribution in [1.82, 2.24) is 24.8 Å². The molecule has 4 heterocycles. The number of sulfone groups is 1. The van der Waals surface area contributed by atoms with Crippen LogP contribution < -0.4 is 10.6 Å². The molecule has 10 nitrogen and oxygen atoms in total. The van der Waals surface area contributed by atoms with Crippen molar-refractivity contribution >= 4 is 48.4 Å². The molecule has 3 aromatic heterocycles. The van der Waals surface area contributed by atoms with Gasteiger partial charge in [-0.3, -0.25) is 4.90 Å². The molecule has 2 fully saturated rings. The molecule has 2 aliphatic rings. The van der Waals surface area contributed by atoms with Crippen molar-refractivity contribution in [2.75, 3.05) is 35.2 Å². The summed E-state index contributed by atoms with van der Waals surface area (Å²) >= 11 is 1.46. The molecular formula is C21H27N7O3S2. The zero-order chi connectivity index (χ0) is 22.8. The Bertz CT molecular complexity index is 1180. The number of nitrogens with zero attached hydrogens (tertiary/aromatic N) is 5. The Morgan fingerprint density at radius 3 is 2.67 bits per heavy atom. The number of pyridine rings is 1. The van der Waals surface area contributed by atoms with Gasteiger partial charge in [0, 0.05) is 37.9 Å². The predicted molar refractivity (Wildman–Crippen MR) is 129 cm³/mol. The van der Waals surface area contributed by atoms with Gasteiger partial charge in [0.1, 0.15) is 16.2 Å². The van der Waals surface area contributed by atoms with Crippen LogP contribution in [0.15, 0.2) is 24.4 Å². The second kappa shape index (κ2) is 9.45. The summed E-state index contributed by atoms with van der Waals surface area (Å²) in [5.74, 6) is 1.51. The molecule has 1 saturated heterocycles. The van der Waals surface area contributed by atoms with Crippen LogP contribution in [0.2, 0.25) is 0 Å². The second-order valence-electron chi connectivity index (χ2n) is 8.62. The zero-order valence-corrected chi connectivity index (χ0v) is 19.8. The third-order valence-corrected chi connectivity index (χ3v) is 8.54. The molecule has 0 bridgehead atoms. The highest BCUT2D eigenvalue weighted by Crippen LogP contribution is 2.27. The topological polar surface area (TPSA) is 133 Å². The largest absolute Gasteiger partial charge is 0.393 e. The SMILES string of the molecule is O=S1(=O)CCN(Cc2cc(Nc3nc4cccnc4s3)nc(NC3CCC(O)CC3)n2)CC1. The van der Waals surface area contributed by atoms with Crippen LogP contribution in [0.5, 0.6) is 0 Å². The van der Waals surface area contributed by atoms with E-state index in [9.17, 15) is 13.5 Å². The maximum atomic E-state index is 11.8. The Hall–Kier alpha value is -2.41. The van der Waals surface area contributed by atoms with Gasteiger partial charge < -0.3 is 15.7 Å². The molecule has 1 aliphatic heterocycles. The summed E-state index contributed by atoms with van der Waals surface area (Å²) in [6.07, 6.45) is 4.79. The summed E-state index contributed by atoms with van der Waals surface area (Å²) in [4.78, 5) is 21.3. The van der Waals surface area contributed by atoms with E-state index >= 15 is 0 Å². The van der Waals surface area contributed by atoms with Gasteiger partial charge in [0.15, 0.2) is 15.0 Å². The maximum Gasteiger partial charge on any atom is 0.225 e. The van der Waals surface area contributed by atoms with Crippen LogP contribution in [0.1, 0.15) is 31.4 Å². The molecule has 3 N–H and O–H groups in total. The van der Waals surface area contributed by atoms with E-state index < -0.39 is 9.84 Å². The average Bonchev–Trinajstić information content (AvgIpc) is 3.19. The van der Waals surface area contributed by atoms with Gasteiger partial charge in [0.2, 0.25) is 5.95 Å². The first kappa shape index (κ1) is 22.4. The Labute approximate surface area is 196 Å². The number of rotatable bonds is 6. The first-order valence-electron chi connectivity index (χ1n) is 11.2. The molecular weight excluding hydrogens is 462 g/mol. The Kier molecular flexibility index (Phi) is 6.41. The lowest BCUT2D eigenvalue weighted by atomic mass is 9.93. The first-order valence-corrected chi connectivity index (χ1v) is 13.8. The number of anilines is 3. The van der Waals surface area contributed by atoms with E-state index in [1.807, 2.05) is 18.2 Å². The van der Waals surface area contributed by atoms with Gasteiger partial charge in [-0.25, -0.2) is 23.4 Å². The Morgan fingerprint density at radius 2 is 1.91 bits per heavy atom. The zero-order valence-electron chi connectivity index (χ0n) is 18.1. The summed E-state index contributed by atoms with van der Waals surface area (Å²) < 4.78 is 23.6. The van der Waals surface area contributed by atoms with Crippen LogP contribution in [0.25, 0.3) is 10.3 Å². The van der Waals surface area contributed by atoms with Gasteiger partial charge in [-0.15, -0.1) is 0 Å². The highest BCUT2D eigenvalue weighted by atomic mass is 32.2. The molecule has 0 radical (unpaired) electrons. The molecule has 1 aliphatic carbocycles. The summed E-state index contributed by atoms with van der Waals surface area (Å²) in [5, 5.41) is 17.2. The summed E-state index contributed by atoms with van der Waals surface area (Å²) in [5.41, 5.74) is 1.64. The van der Waals surface area contributed by atoms with Crippen molar-refractivity contribution in [2.45, 2.75) is 44.4 Å². The van der Waals surface area contributed by atoms with E-state index in [0.717, 1.165) is 41.7 Å². The van der Waals surface area contributed by atoms with Crippen molar-refractivity contribution in [3.63, 3.8) is 0 Å². The number of aliphatic hydroxyl groups is 1. The third-order valence-electron chi connectivity index (χ3n) is 6.03. The van der Waals surface area contributed by atoms with Crippen molar-refractivity contribution in [2.24, 2.45) is 0 Å². The predicted octanol–water partition coefficient (Wildman–Crippen LogP) is 2.17. The standard InChI is InChI=1S/C21H27N7O3S2/c29-16-5-3-14(4-6-16)23-20-24-15(13-28-8-10-33(30,31)11-9-28)12-18(26-20)27-21-25-17-2-1-7-22-19(17)32-21/h1-2,7,12,14,16,29H,3-6,8-11,13H2,(H2,23,24,25,26,27). The van der Waals surface area contributed by atoms with Gasteiger partial charge in [-0.05, 0) is 37.8 Å². The number of nitrogens with one attached hydrogen (secondary N) is 2. The molecule has 12 heteroatoms. The lowest BCUT2D eigenvalue weighted by molar-refractivity contribution is 0.126. The lowest BCUT2D eigenvalue weighted by Crippen LogP contribution is -2.39. The number of aliphatic hydroxyl groups excluding tert-OH is 1. The number of thiazole rings is 1. The molecule has 0 unspecified atom stereocenters. The van der Waals surface area contributed by atoms with E-state index in [4.69, 9.17) is 4.98 Å². The summed E-state index contributed by atoms with van der Waals surface area (Å²) in [7, 11) is -2.93.